The number of carboxylic acid groups (broad SMARTS) is 1. The van der Waals surface area contributed by atoms with Crippen molar-refractivity contribution in [3.63, 3.8) is 0 Å². The largest absolute Gasteiger partial charge is 0.481 e. The van der Waals surface area contributed by atoms with Gasteiger partial charge in [-0.25, -0.2) is 0 Å². The molecule has 6 nitrogen and oxygen atoms in total. The Morgan fingerprint density at radius 3 is 2.84 bits per heavy atom. The van der Waals surface area contributed by atoms with Gasteiger partial charge in [0.15, 0.2) is 0 Å². The molecule has 1 aliphatic heterocycles. The molecule has 1 fully saturated rings. The maximum atomic E-state index is 12.3. The summed E-state index contributed by atoms with van der Waals surface area (Å²) in [4.78, 5) is 24.8. The molecule has 0 unspecified atom stereocenters. The SMILES string of the molecule is CC(C)c1cc(C(=O)N2CCC[C@@H](C(=O)O)C2)n[nH]1. The molecule has 0 spiro atoms. The second-order valence-electron chi connectivity index (χ2n) is 5.29. The van der Waals surface area contributed by atoms with E-state index in [0.717, 1.165) is 12.1 Å². The van der Waals surface area contributed by atoms with Crippen LogP contribution in [0.4, 0.5) is 0 Å². The summed E-state index contributed by atoms with van der Waals surface area (Å²) >= 11 is 0. The Kier molecular flexibility index (Phi) is 3.87. The lowest BCUT2D eigenvalue weighted by Crippen LogP contribution is -2.42. The third-order valence-corrected chi connectivity index (χ3v) is 3.50. The lowest BCUT2D eigenvalue weighted by Gasteiger charge is -2.30. The highest BCUT2D eigenvalue weighted by Crippen LogP contribution is 2.19. The Morgan fingerprint density at radius 1 is 1.53 bits per heavy atom. The van der Waals surface area contributed by atoms with Gasteiger partial charge in [0.1, 0.15) is 5.69 Å². The number of nitrogens with one attached hydrogen (secondary N) is 1. The summed E-state index contributed by atoms with van der Waals surface area (Å²) in [5.74, 6) is -1.19. The highest BCUT2D eigenvalue weighted by molar-refractivity contribution is 5.92. The van der Waals surface area contributed by atoms with Crippen LogP contribution in [0.5, 0.6) is 0 Å². The highest BCUT2D eigenvalue weighted by Gasteiger charge is 2.29. The fraction of sp³-hybridized carbons (Fsp3) is 0.615. The van der Waals surface area contributed by atoms with Crippen molar-refractivity contribution < 1.29 is 14.7 Å². The predicted octanol–water partition coefficient (Wildman–Crippen LogP) is 1.47. The van der Waals surface area contributed by atoms with Gasteiger partial charge in [-0.15, -0.1) is 0 Å². The Labute approximate surface area is 111 Å². The molecule has 0 bridgehead atoms. The number of aromatic amines is 1. The molecule has 2 N–H and O–H groups in total. The lowest BCUT2D eigenvalue weighted by molar-refractivity contribution is -0.143. The van der Waals surface area contributed by atoms with Crippen molar-refractivity contribution in [3.05, 3.63) is 17.5 Å². The first-order valence-corrected chi connectivity index (χ1v) is 6.56. The van der Waals surface area contributed by atoms with Crippen LogP contribution in [-0.2, 0) is 4.79 Å². The van der Waals surface area contributed by atoms with Gasteiger partial charge in [-0.2, -0.15) is 5.10 Å². The molecule has 104 valence electrons. The molecule has 6 heteroatoms. The molecular formula is C13H19N3O3. The summed E-state index contributed by atoms with van der Waals surface area (Å²) in [5.41, 5.74) is 1.28. The van der Waals surface area contributed by atoms with E-state index in [0.29, 0.717) is 18.7 Å². The second kappa shape index (κ2) is 5.42. The van der Waals surface area contributed by atoms with E-state index in [-0.39, 0.29) is 18.4 Å². The number of hydrogen-bond donors (Lipinski definition) is 2. The number of rotatable bonds is 3. The van der Waals surface area contributed by atoms with Crippen molar-refractivity contribution in [1.82, 2.24) is 15.1 Å². The van der Waals surface area contributed by atoms with Crippen LogP contribution in [0.1, 0.15) is 48.8 Å². The van der Waals surface area contributed by atoms with E-state index in [9.17, 15) is 9.59 Å². The normalized spacial score (nSPS) is 19.7. The minimum atomic E-state index is -0.831. The van der Waals surface area contributed by atoms with Gasteiger partial charge in [0, 0.05) is 18.8 Å². The zero-order chi connectivity index (χ0) is 14.0. The average Bonchev–Trinajstić information content (AvgIpc) is 2.87. The number of amides is 1. The standard InChI is InChI=1S/C13H19N3O3/c1-8(2)10-6-11(15-14-10)12(17)16-5-3-4-9(7-16)13(18)19/h6,8-9H,3-5,7H2,1-2H3,(H,14,15)(H,18,19)/t9-/m1/s1. The van der Waals surface area contributed by atoms with Crippen LogP contribution in [0.25, 0.3) is 0 Å². The molecule has 1 aromatic rings. The number of likely N-dealkylation sites (tertiary alicyclic amines) is 1. The number of piperidine rings is 1. The van der Waals surface area contributed by atoms with Crippen LogP contribution in [0.3, 0.4) is 0 Å². The summed E-state index contributed by atoms with van der Waals surface area (Å²) in [6, 6.07) is 1.75. The molecule has 0 aromatic carbocycles. The van der Waals surface area contributed by atoms with Crippen LogP contribution in [-0.4, -0.2) is 45.2 Å². The molecule has 0 aliphatic carbocycles. The smallest absolute Gasteiger partial charge is 0.308 e. The molecule has 0 radical (unpaired) electrons. The van der Waals surface area contributed by atoms with Crippen LogP contribution in [0.15, 0.2) is 6.07 Å². The summed E-state index contributed by atoms with van der Waals surface area (Å²) in [6.45, 7) is 4.91. The van der Waals surface area contributed by atoms with E-state index >= 15 is 0 Å². The lowest BCUT2D eigenvalue weighted by atomic mass is 9.98. The molecule has 1 saturated heterocycles. The maximum Gasteiger partial charge on any atom is 0.308 e. The molecule has 1 aliphatic rings. The van der Waals surface area contributed by atoms with Gasteiger partial charge in [-0.1, -0.05) is 13.8 Å². The molecule has 1 atom stereocenters. The Bertz CT molecular complexity index is 481. The van der Waals surface area contributed by atoms with Gasteiger partial charge >= 0.3 is 5.97 Å². The Hall–Kier alpha value is -1.85. The van der Waals surface area contributed by atoms with E-state index in [1.807, 2.05) is 13.8 Å². The molecular weight excluding hydrogens is 246 g/mol. The van der Waals surface area contributed by atoms with Crippen LogP contribution in [0, 0.1) is 5.92 Å². The average molecular weight is 265 g/mol. The molecule has 2 rings (SSSR count). The minimum absolute atomic E-state index is 0.186. The monoisotopic (exact) mass is 265 g/mol. The van der Waals surface area contributed by atoms with Crippen molar-refractivity contribution >= 4 is 11.9 Å². The van der Waals surface area contributed by atoms with Gasteiger partial charge in [0.05, 0.1) is 5.92 Å². The van der Waals surface area contributed by atoms with Gasteiger partial charge < -0.3 is 10.0 Å². The number of H-pyrrole nitrogens is 1. The Balaban J connectivity index is 2.08. The number of nitrogens with zero attached hydrogens (tertiary/aromatic N) is 2. The number of aromatic nitrogens is 2. The number of aliphatic carboxylic acids is 1. The quantitative estimate of drug-likeness (QED) is 0.866. The maximum absolute atomic E-state index is 12.3. The summed E-state index contributed by atoms with van der Waals surface area (Å²) in [7, 11) is 0. The number of carboxylic acids is 1. The first kappa shape index (κ1) is 13.6. The second-order valence-corrected chi connectivity index (χ2v) is 5.29. The molecule has 1 aromatic heterocycles. The van der Waals surface area contributed by atoms with Gasteiger partial charge in [-0.05, 0) is 24.8 Å². The van der Waals surface area contributed by atoms with Crippen molar-refractivity contribution in [3.8, 4) is 0 Å². The van der Waals surface area contributed by atoms with E-state index in [1.165, 1.54) is 0 Å². The summed E-state index contributed by atoms with van der Waals surface area (Å²) < 4.78 is 0. The zero-order valence-corrected chi connectivity index (χ0v) is 11.2. The summed E-state index contributed by atoms with van der Waals surface area (Å²) in [5, 5.41) is 15.9. The molecule has 2 heterocycles. The van der Waals surface area contributed by atoms with Crippen molar-refractivity contribution in [2.45, 2.75) is 32.6 Å². The molecule has 0 saturated carbocycles. The van der Waals surface area contributed by atoms with Crippen molar-refractivity contribution in [1.29, 1.82) is 0 Å². The first-order chi connectivity index (χ1) is 8.99. The van der Waals surface area contributed by atoms with E-state index in [2.05, 4.69) is 10.2 Å². The summed E-state index contributed by atoms with van der Waals surface area (Å²) in [6.07, 6.45) is 1.36. The third-order valence-electron chi connectivity index (χ3n) is 3.50. The molecule has 19 heavy (non-hydrogen) atoms. The van der Waals surface area contributed by atoms with Gasteiger partial charge in [-0.3, -0.25) is 14.7 Å². The predicted molar refractivity (Wildman–Crippen MR) is 68.9 cm³/mol. The number of carbonyl (C=O) groups is 2. The number of hydrogen-bond acceptors (Lipinski definition) is 3. The van der Waals surface area contributed by atoms with Crippen LogP contribution in [0.2, 0.25) is 0 Å². The fourth-order valence-corrected chi connectivity index (χ4v) is 2.27. The van der Waals surface area contributed by atoms with E-state index < -0.39 is 11.9 Å². The number of carbonyl (C=O) groups excluding carboxylic acids is 1. The fourth-order valence-electron chi connectivity index (χ4n) is 2.27. The van der Waals surface area contributed by atoms with Crippen molar-refractivity contribution in [2.24, 2.45) is 5.92 Å². The first-order valence-electron chi connectivity index (χ1n) is 6.56. The van der Waals surface area contributed by atoms with E-state index in [4.69, 9.17) is 5.11 Å². The van der Waals surface area contributed by atoms with Crippen LogP contribution >= 0.6 is 0 Å². The highest BCUT2D eigenvalue weighted by atomic mass is 16.4. The topological polar surface area (TPSA) is 86.3 Å². The zero-order valence-electron chi connectivity index (χ0n) is 11.2. The third kappa shape index (κ3) is 2.94. The van der Waals surface area contributed by atoms with Gasteiger partial charge in [0.2, 0.25) is 0 Å². The van der Waals surface area contributed by atoms with E-state index in [1.54, 1.807) is 11.0 Å². The van der Waals surface area contributed by atoms with Crippen LogP contribution < -0.4 is 0 Å². The van der Waals surface area contributed by atoms with Gasteiger partial charge in [0.25, 0.3) is 5.91 Å². The van der Waals surface area contributed by atoms with Crippen molar-refractivity contribution in [2.75, 3.05) is 13.1 Å². The Morgan fingerprint density at radius 2 is 2.26 bits per heavy atom. The molecule has 1 amide bonds. The minimum Gasteiger partial charge on any atom is -0.481 e.